The van der Waals surface area contributed by atoms with Crippen molar-refractivity contribution in [2.75, 3.05) is 9.80 Å². The van der Waals surface area contributed by atoms with Crippen LogP contribution >= 0.6 is 0 Å². The molecular formula is C70H45BN2. The van der Waals surface area contributed by atoms with Crippen LogP contribution in [0.5, 0.6) is 0 Å². The van der Waals surface area contributed by atoms with E-state index in [1.54, 1.807) is 0 Å². The highest BCUT2D eigenvalue weighted by atomic mass is 15.2. The van der Waals surface area contributed by atoms with Crippen molar-refractivity contribution in [3.63, 3.8) is 0 Å². The molecule has 2 heterocycles. The summed E-state index contributed by atoms with van der Waals surface area (Å²) in [5.74, 6) is 0. The van der Waals surface area contributed by atoms with E-state index in [0.29, 0.717) is 0 Å². The van der Waals surface area contributed by atoms with Gasteiger partial charge in [-0.15, -0.1) is 0 Å². The third-order valence-electron chi connectivity index (χ3n) is 15.6. The van der Waals surface area contributed by atoms with Crippen molar-refractivity contribution in [2.24, 2.45) is 0 Å². The van der Waals surface area contributed by atoms with E-state index >= 15 is 0 Å². The van der Waals surface area contributed by atoms with Crippen LogP contribution in [0.25, 0.3) is 87.6 Å². The molecule has 0 saturated carbocycles. The number of fused-ring (bicyclic) bond motifs is 8. The molecule has 2 nitrogen and oxygen atoms in total. The first-order valence-electron chi connectivity index (χ1n) is 25.4. The highest BCUT2D eigenvalue weighted by molar-refractivity contribution is 7.00. The molecule has 0 bridgehead atoms. The van der Waals surface area contributed by atoms with Crippen LogP contribution in [0.2, 0.25) is 0 Å². The zero-order chi connectivity index (χ0) is 48.0. The lowest BCUT2D eigenvalue weighted by atomic mass is 9.33. The summed E-state index contributed by atoms with van der Waals surface area (Å²) in [6, 6.07) is 102. The van der Waals surface area contributed by atoms with Gasteiger partial charge in [0.15, 0.2) is 0 Å². The van der Waals surface area contributed by atoms with Gasteiger partial charge in [0.25, 0.3) is 6.71 Å². The van der Waals surface area contributed by atoms with Gasteiger partial charge in [-0.25, -0.2) is 0 Å². The fourth-order valence-corrected chi connectivity index (χ4v) is 12.4. The molecule has 2 aliphatic heterocycles. The van der Waals surface area contributed by atoms with E-state index in [-0.39, 0.29) is 6.71 Å². The molecule has 0 saturated heterocycles. The van der Waals surface area contributed by atoms with Crippen LogP contribution in [0.3, 0.4) is 0 Å². The Labute approximate surface area is 425 Å². The Morgan fingerprint density at radius 2 is 0.507 bits per heavy atom. The monoisotopic (exact) mass is 924 g/mol. The Bertz CT molecular complexity index is 3890. The van der Waals surface area contributed by atoms with Crippen LogP contribution in [0.4, 0.5) is 34.1 Å². The molecule has 0 unspecified atom stereocenters. The van der Waals surface area contributed by atoms with Crippen molar-refractivity contribution in [2.45, 2.75) is 0 Å². The predicted octanol–water partition coefficient (Wildman–Crippen LogP) is 17.0. The summed E-state index contributed by atoms with van der Waals surface area (Å²) in [6.07, 6.45) is 0. The fraction of sp³-hybridized carbons (Fsp3) is 0. The smallest absolute Gasteiger partial charge is 0.252 e. The zero-order valence-electron chi connectivity index (χ0n) is 40.0. The number of nitrogens with zero attached hydrogens (tertiary/aromatic N) is 2. The molecular weight excluding hydrogens is 880 g/mol. The van der Waals surface area contributed by atoms with Crippen molar-refractivity contribution >= 4 is 100 Å². The van der Waals surface area contributed by atoms with Crippen LogP contribution in [0.15, 0.2) is 273 Å². The summed E-state index contributed by atoms with van der Waals surface area (Å²) in [5, 5.41) is 9.87. The van der Waals surface area contributed by atoms with Crippen LogP contribution in [-0.2, 0) is 0 Å². The van der Waals surface area contributed by atoms with Crippen molar-refractivity contribution in [1.82, 2.24) is 0 Å². The summed E-state index contributed by atoms with van der Waals surface area (Å²) in [5.41, 5.74) is 20.4. The zero-order valence-corrected chi connectivity index (χ0v) is 40.0. The van der Waals surface area contributed by atoms with Crippen LogP contribution in [-0.4, -0.2) is 6.71 Å². The minimum Gasteiger partial charge on any atom is -0.311 e. The maximum absolute atomic E-state index is 2.55. The fourth-order valence-electron chi connectivity index (χ4n) is 12.4. The summed E-state index contributed by atoms with van der Waals surface area (Å²) < 4.78 is 0. The van der Waals surface area contributed by atoms with Gasteiger partial charge in [0, 0.05) is 34.1 Å². The van der Waals surface area contributed by atoms with Crippen molar-refractivity contribution in [1.29, 1.82) is 0 Å². The molecule has 15 rings (SSSR count). The average molecular weight is 925 g/mol. The molecule has 0 N–H and O–H groups in total. The van der Waals surface area contributed by atoms with Gasteiger partial charge in [0.05, 0.1) is 0 Å². The van der Waals surface area contributed by atoms with Crippen LogP contribution in [0.1, 0.15) is 0 Å². The summed E-state index contributed by atoms with van der Waals surface area (Å²) in [4.78, 5) is 5.10. The Morgan fingerprint density at radius 3 is 0.863 bits per heavy atom. The second-order valence-corrected chi connectivity index (χ2v) is 19.6. The van der Waals surface area contributed by atoms with Crippen molar-refractivity contribution < 1.29 is 0 Å². The molecule has 2 aliphatic rings. The van der Waals surface area contributed by atoms with Crippen LogP contribution < -0.4 is 26.2 Å². The maximum Gasteiger partial charge on any atom is 0.252 e. The molecule has 0 radical (unpaired) electrons. The number of para-hydroxylation sites is 2. The van der Waals surface area contributed by atoms with Gasteiger partial charge in [-0.3, -0.25) is 0 Å². The van der Waals surface area contributed by atoms with E-state index in [1.165, 1.54) is 127 Å². The second kappa shape index (κ2) is 16.6. The molecule has 0 aliphatic carbocycles. The second-order valence-electron chi connectivity index (χ2n) is 19.6. The van der Waals surface area contributed by atoms with E-state index in [2.05, 4.69) is 283 Å². The Balaban J connectivity index is 0.994. The van der Waals surface area contributed by atoms with Gasteiger partial charge in [-0.2, -0.15) is 0 Å². The van der Waals surface area contributed by atoms with Gasteiger partial charge in [-0.1, -0.05) is 212 Å². The molecule has 3 heteroatoms. The van der Waals surface area contributed by atoms with E-state index in [0.717, 1.165) is 11.4 Å². The highest BCUT2D eigenvalue weighted by Crippen LogP contribution is 2.48. The Hall–Kier alpha value is -9.44. The van der Waals surface area contributed by atoms with Gasteiger partial charge in [-0.05, 0) is 165 Å². The van der Waals surface area contributed by atoms with Crippen molar-refractivity contribution in [3.8, 4) is 44.5 Å². The summed E-state index contributed by atoms with van der Waals surface area (Å²) in [6.45, 7) is 0.00340. The maximum atomic E-state index is 2.55. The molecule has 0 atom stereocenters. The van der Waals surface area contributed by atoms with Crippen LogP contribution in [0, 0.1) is 0 Å². The molecule has 13 aromatic rings. The minimum atomic E-state index is 0.00340. The number of hydrogen-bond donors (Lipinski definition) is 0. The van der Waals surface area contributed by atoms with E-state index in [4.69, 9.17) is 0 Å². The molecule has 0 spiro atoms. The minimum absolute atomic E-state index is 0.00340. The largest absolute Gasteiger partial charge is 0.311 e. The molecule has 0 aromatic heterocycles. The van der Waals surface area contributed by atoms with E-state index in [1.807, 2.05) is 0 Å². The van der Waals surface area contributed by atoms with E-state index in [9.17, 15) is 0 Å². The quantitative estimate of drug-likeness (QED) is 0.153. The summed E-state index contributed by atoms with van der Waals surface area (Å²) >= 11 is 0. The standard InChI is InChI=1S/C70H45BN2/c1-5-26-56-46(18-1)22-13-30-60(56)50-40-51(61-31-14-23-47-19-2-6-27-57(47)61)43-54(42-50)72-66-36-11-9-34-64(66)71-65-35-10-12-37-67(65)73(69-39-17-38-68(72)70(69)71)55-44-52(62-32-15-24-48-20-3-7-28-58(48)62)41-53(45-55)63-33-16-25-49-21-4-8-29-59(49)63/h1-45H. The van der Waals surface area contributed by atoms with Gasteiger partial charge in [0.2, 0.25) is 0 Å². The number of anilines is 6. The third-order valence-corrected chi connectivity index (χ3v) is 15.6. The number of rotatable bonds is 6. The lowest BCUT2D eigenvalue weighted by Crippen LogP contribution is -2.61. The number of benzene rings is 13. The van der Waals surface area contributed by atoms with Gasteiger partial charge >= 0.3 is 0 Å². The van der Waals surface area contributed by atoms with Gasteiger partial charge in [0.1, 0.15) is 0 Å². The lowest BCUT2D eigenvalue weighted by molar-refractivity contribution is 1.25. The SMILES string of the molecule is c1ccc2c(c1)B1c3ccccc3N(c3cc(-c4cccc5ccccc45)cc(-c4cccc5ccccc45)c3)c3cccc(c31)N2c1cc(-c2cccc3ccccc23)cc(-c2cccc3ccccc23)c1. The molecule has 0 amide bonds. The Kier molecular flexibility index (Phi) is 9.40. The van der Waals surface area contributed by atoms with E-state index < -0.39 is 0 Å². The molecule has 0 fully saturated rings. The first-order valence-corrected chi connectivity index (χ1v) is 25.4. The summed E-state index contributed by atoms with van der Waals surface area (Å²) in [7, 11) is 0. The molecule has 73 heavy (non-hydrogen) atoms. The molecule has 338 valence electrons. The normalized spacial score (nSPS) is 12.6. The topological polar surface area (TPSA) is 6.48 Å². The third kappa shape index (κ3) is 6.59. The average Bonchev–Trinajstić information content (AvgIpc) is 3.46. The van der Waals surface area contributed by atoms with Crippen molar-refractivity contribution in [3.05, 3.63) is 273 Å². The molecule has 13 aromatic carbocycles. The predicted molar refractivity (Wildman–Crippen MR) is 312 cm³/mol. The van der Waals surface area contributed by atoms with Gasteiger partial charge < -0.3 is 9.80 Å². The first kappa shape index (κ1) is 41.4. The Morgan fingerprint density at radius 1 is 0.233 bits per heavy atom. The first-order chi connectivity index (χ1) is 36.2. The number of hydrogen-bond acceptors (Lipinski definition) is 2. The lowest BCUT2D eigenvalue weighted by Gasteiger charge is -2.44. The highest BCUT2D eigenvalue weighted by Gasteiger charge is 2.43.